The van der Waals surface area contributed by atoms with Crippen LogP contribution in [0, 0.1) is 0 Å². The SMILES string of the molecule is CC/C=C(\CC)c1ccc(C(C)=O)s1. The third-order valence-corrected chi connectivity index (χ3v) is 3.36. The molecule has 0 radical (unpaired) electrons. The van der Waals surface area contributed by atoms with Crippen molar-refractivity contribution in [2.45, 2.75) is 33.6 Å². The number of rotatable bonds is 4. The van der Waals surface area contributed by atoms with Crippen molar-refractivity contribution in [3.63, 3.8) is 0 Å². The van der Waals surface area contributed by atoms with Crippen LogP contribution in [0.1, 0.15) is 48.2 Å². The first-order chi connectivity index (χ1) is 6.69. The summed E-state index contributed by atoms with van der Waals surface area (Å²) < 4.78 is 0. The maximum absolute atomic E-state index is 11.1. The minimum Gasteiger partial charge on any atom is -0.294 e. The number of hydrogen-bond donors (Lipinski definition) is 0. The van der Waals surface area contributed by atoms with Gasteiger partial charge in [0.15, 0.2) is 5.78 Å². The average Bonchev–Trinajstić information content (AvgIpc) is 2.63. The summed E-state index contributed by atoms with van der Waals surface area (Å²) >= 11 is 1.60. The molecule has 1 aromatic heterocycles. The molecule has 0 bridgehead atoms. The molecule has 14 heavy (non-hydrogen) atoms. The molecule has 0 saturated heterocycles. The maximum Gasteiger partial charge on any atom is 0.169 e. The Labute approximate surface area is 89.5 Å². The van der Waals surface area contributed by atoms with Crippen molar-refractivity contribution in [1.29, 1.82) is 0 Å². The highest BCUT2D eigenvalue weighted by Gasteiger charge is 2.06. The first-order valence-corrected chi connectivity index (χ1v) is 5.80. The summed E-state index contributed by atoms with van der Waals surface area (Å²) in [6.07, 6.45) is 4.32. The van der Waals surface area contributed by atoms with Crippen molar-refractivity contribution >= 4 is 22.7 Å². The molecule has 1 rings (SSSR count). The predicted octanol–water partition coefficient (Wildman–Crippen LogP) is 4.15. The number of carbonyl (C=O) groups is 1. The Balaban J connectivity index is 2.95. The van der Waals surface area contributed by atoms with Gasteiger partial charge in [-0.3, -0.25) is 4.79 Å². The molecule has 0 fully saturated rings. The largest absolute Gasteiger partial charge is 0.294 e. The van der Waals surface area contributed by atoms with E-state index in [-0.39, 0.29) is 5.78 Å². The quantitative estimate of drug-likeness (QED) is 0.679. The fourth-order valence-corrected chi connectivity index (χ4v) is 2.38. The lowest BCUT2D eigenvalue weighted by atomic mass is 10.1. The van der Waals surface area contributed by atoms with E-state index in [0.29, 0.717) is 0 Å². The summed E-state index contributed by atoms with van der Waals surface area (Å²) in [4.78, 5) is 13.2. The second-order valence-corrected chi connectivity index (χ2v) is 4.30. The summed E-state index contributed by atoms with van der Waals surface area (Å²) in [6.45, 7) is 5.90. The number of allylic oxidation sites excluding steroid dienone is 2. The predicted molar refractivity (Wildman–Crippen MR) is 62.9 cm³/mol. The second-order valence-electron chi connectivity index (χ2n) is 3.21. The van der Waals surface area contributed by atoms with Crippen LogP contribution in [0.15, 0.2) is 18.2 Å². The summed E-state index contributed by atoms with van der Waals surface area (Å²) in [5.41, 5.74) is 1.35. The normalized spacial score (nSPS) is 11.8. The van der Waals surface area contributed by atoms with Crippen LogP contribution in [-0.2, 0) is 0 Å². The van der Waals surface area contributed by atoms with Gasteiger partial charge in [-0.25, -0.2) is 0 Å². The third kappa shape index (κ3) is 2.55. The van der Waals surface area contributed by atoms with Gasteiger partial charge in [0.05, 0.1) is 4.88 Å². The minimum atomic E-state index is 0.160. The molecule has 1 aromatic rings. The van der Waals surface area contributed by atoms with Crippen molar-refractivity contribution in [3.05, 3.63) is 28.0 Å². The van der Waals surface area contributed by atoms with E-state index in [1.807, 2.05) is 12.1 Å². The molecule has 0 amide bonds. The van der Waals surface area contributed by atoms with Gasteiger partial charge in [-0.1, -0.05) is 19.9 Å². The highest BCUT2D eigenvalue weighted by atomic mass is 32.1. The molecule has 76 valence electrons. The van der Waals surface area contributed by atoms with Gasteiger partial charge in [-0.05, 0) is 37.5 Å². The molecule has 1 heterocycles. The van der Waals surface area contributed by atoms with E-state index in [9.17, 15) is 4.79 Å². The molecular formula is C12H16OS. The van der Waals surface area contributed by atoms with Crippen molar-refractivity contribution in [3.8, 4) is 0 Å². The van der Waals surface area contributed by atoms with Gasteiger partial charge < -0.3 is 0 Å². The average molecular weight is 208 g/mol. The van der Waals surface area contributed by atoms with Crippen LogP contribution >= 0.6 is 11.3 Å². The molecule has 0 aliphatic heterocycles. The lowest BCUT2D eigenvalue weighted by Crippen LogP contribution is -1.83. The van der Waals surface area contributed by atoms with Crippen LogP contribution in [0.3, 0.4) is 0 Å². The molecule has 0 aromatic carbocycles. The van der Waals surface area contributed by atoms with Crippen LogP contribution in [0.4, 0.5) is 0 Å². The molecule has 0 aliphatic carbocycles. The highest BCUT2D eigenvalue weighted by Crippen LogP contribution is 2.26. The van der Waals surface area contributed by atoms with Crippen LogP contribution < -0.4 is 0 Å². The number of carbonyl (C=O) groups excluding carboxylic acids is 1. The Kier molecular flexibility index (Phi) is 4.08. The number of ketones is 1. The van der Waals surface area contributed by atoms with E-state index in [0.717, 1.165) is 17.7 Å². The van der Waals surface area contributed by atoms with E-state index in [2.05, 4.69) is 19.9 Å². The van der Waals surface area contributed by atoms with Crippen LogP contribution in [0.5, 0.6) is 0 Å². The highest BCUT2D eigenvalue weighted by molar-refractivity contribution is 7.15. The van der Waals surface area contributed by atoms with E-state index >= 15 is 0 Å². The van der Waals surface area contributed by atoms with Gasteiger partial charge in [0.1, 0.15) is 0 Å². The zero-order chi connectivity index (χ0) is 10.6. The number of hydrogen-bond acceptors (Lipinski definition) is 2. The molecule has 1 nitrogen and oxygen atoms in total. The van der Waals surface area contributed by atoms with Crippen molar-refractivity contribution in [2.24, 2.45) is 0 Å². The summed E-state index contributed by atoms with van der Waals surface area (Å²) in [6, 6.07) is 3.97. The first-order valence-electron chi connectivity index (χ1n) is 4.99. The molecule has 0 N–H and O–H groups in total. The third-order valence-electron chi connectivity index (χ3n) is 2.10. The van der Waals surface area contributed by atoms with Gasteiger partial charge in [-0.15, -0.1) is 11.3 Å². The van der Waals surface area contributed by atoms with Gasteiger partial charge in [0.2, 0.25) is 0 Å². The number of Topliss-reactive ketones (excluding diaryl/α,β-unsaturated/α-hetero) is 1. The standard InChI is InChI=1S/C12H16OS/c1-4-6-10(5-2)12-8-7-11(14-12)9(3)13/h6-8H,4-5H2,1-3H3/b10-6+. The van der Waals surface area contributed by atoms with Gasteiger partial charge in [-0.2, -0.15) is 0 Å². The van der Waals surface area contributed by atoms with Gasteiger partial charge >= 0.3 is 0 Å². The van der Waals surface area contributed by atoms with E-state index in [1.54, 1.807) is 18.3 Å². The van der Waals surface area contributed by atoms with Crippen molar-refractivity contribution in [2.75, 3.05) is 0 Å². The van der Waals surface area contributed by atoms with E-state index < -0.39 is 0 Å². The summed E-state index contributed by atoms with van der Waals surface area (Å²) in [7, 11) is 0. The Morgan fingerprint density at radius 3 is 2.43 bits per heavy atom. The molecule has 2 heteroatoms. The second kappa shape index (κ2) is 5.11. The van der Waals surface area contributed by atoms with Crippen LogP contribution in [0.25, 0.3) is 5.57 Å². The molecule has 0 saturated carbocycles. The van der Waals surface area contributed by atoms with Gasteiger partial charge in [0.25, 0.3) is 0 Å². The lowest BCUT2D eigenvalue weighted by molar-refractivity contribution is 0.102. The monoisotopic (exact) mass is 208 g/mol. The molecule has 0 aliphatic rings. The zero-order valence-electron chi connectivity index (χ0n) is 8.96. The van der Waals surface area contributed by atoms with Crippen molar-refractivity contribution in [1.82, 2.24) is 0 Å². The Morgan fingerprint density at radius 1 is 1.36 bits per heavy atom. The van der Waals surface area contributed by atoms with E-state index in [1.165, 1.54) is 10.5 Å². The Hall–Kier alpha value is -0.890. The van der Waals surface area contributed by atoms with E-state index in [4.69, 9.17) is 0 Å². The summed E-state index contributed by atoms with van der Waals surface area (Å²) in [5.74, 6) is 0.160. The topological polar surface area (TPSA) is 17.1 Å². The first kappa shape index (κ1) is 11.2. The Bertz CT molecular complexity index is 347. The molecule has 0 unspecified atom stereocenters. The van der Waals surface area contributed by atoms with Crippen molar-refractivity contribution < 1.29 is 4.79 Å². The molecule has 0 atom stereocenters. The van der Waals surface area contributed by atoms with Crippen LogP contribution in [0.2, 0.25) is 0 Å². The summed E-state index contributed by atoms with van der Waals surface area (Å²) in [5, 5.41) is 0. The fraction of sp³-hybridized carbons (Fsp3) is 0.417. The van der Waals surface area contributed by atoms with Gasteiger partial charge in [0, 0.05) is 4.88 Å². The fourth-order valence-electron chi connectivity index (χ4n) is 1.37. The number of thiophene rings is 1. The minimum absolute atomic E-state index is 0.160. The smallest absolute Gasteiger partial charge is 0.169 e. The zero-order valence-corrected chi connectivity index (χ0v) is 9.78. The maximum atomic E-state index is 11.1. The van der Waals surface area contributed by atoms with Crippen LogP contribution in [-0.4, -0.2) is 5.78 Å². The Morgan fingerprint density at radius 2 is 2.00 bits per heavy atom. The molecule has 0 spiro atoms. The lowest BCUT2D eigenvalue weighted by Gasteiger charge is -1.99. The molecular weight excluding hydrogens is 192 g/mol.